The Kier molecular flexibility index (Phi) is 8.47. The topological polar surface area (TPSA) is 58.6 Å². The van der Waals surface area contributed by atoms with Gasteiger partial charge in [0.15, 0.2) is 6.61 Å². The third kappa shape index (κ3) is 6.52. The van der Waals surface area contributed by atoms with Crippen LogP contribution >= 0.6 is 34.8 Å². The van der Waals surface area contributed by atoms with Crippen LogP contribution < -0.4 is 10.1 Å². The second-order valence-electron chi connectivity index (χ2n) is 7.66. The van der Waals surface area contributed by atoms with E-state index in [1.807, 2.05) is 0 Å². The van der Waals surface area contributed by atoms with E-state index in [9.17, 15) is 9.59 Å². The molecule has 2 aromatic rings. The van der Waals surface area contributed by atoms with E-state index in [1.54, 1.807) is 49.4 Å². The van der Waals surface area contributed by atoms with Gasteiger partial charge in [-0.05, 0) is 49.6 Å². The molecule has 0 spiro atoms. The summed E-state index contributed by atoms with van der Waals surface area (Å²) in [5.74, 6) is -0.104. The van der Waals surface area contributed by atoms with E-state index in [1.165, 1.54) is 4.90 Å². The molecule has 0 aromatic heterocycles. The molecule has 2 aromatic carbocycles. The largest absolute Gasteiger partial charge is 0.482 e. The minimum atomic E-state index is -0.683. The molecule has 0 heterocycles. The standard InChI is InChI=1S/C23H25Cl3N2O3/c1-15(23(30)27-17-6-2-3-7-17)28(13-16-10-11-18(24)20(26)12-16)22(29)14-31-21-9-5-4-8-19(21)25/h4-5,8-12,15,17H,2-3,6-7,13-14H2,1H3,(H,27,30)/t15-/m1/s1. The predicted octanol–water partition coefficient (Wildman–Crippen LogP) is 5.50. The molecule has 0 radical (unpaired) electrons. The Morgan fingerprint density at radius 3 is 2.45 bits per heavy atom. The van der Waals surface area contributed by atoms with Crippen LogP contribution in [-0.4, -0.2) is 35.4 Å². The van der Waals surface area contributed by atoms with Crippen LogP contribution in [-0.2, 0) is 16.1 Å². The smallest absolute Gasteiger partial charge is 0.261 e. The summed E-state index contributed by atoms with van der Waals surface area (Å²) in [5.41, 5.74) is 0.765. The van der Waals surface area contributed by atoms with Gasteiger partial charge < -0.3 is 15.0 Å². The molecule has 8 heteroatoms. The maximum absolute atomic E-state index is 13.1. The summed E-state index contributed by atoms with van der Waals surface area (Å²) in [4.78, 5) is 27.4. The Morgan fingerprint density at radius 1 is 1.06 bits per heavy atom. The van der Waals surface area contributed by atoms with E-state index in [0.29, 0.717) is 20.8 Å². The van der Waals surface area contributed by atoms with Crippen LogP contribution in [0.5, 0.6) is 5.75 Å². The SMILES string of the molecule is C[C@H](C(=O)NC1CCCC1)N(Cc1ccc(Cl)c(Cl)c1)C(=O)COc1ccccc1Cl. The average molecular weight is 484 g/mol. The lowest BCUT2D eigenvalue weighted by molar-refractivity contribution is -0.142. The van der Waals surface area contributed by atoms with Crippen molar-refractivity contribution >= 4 is 46.6 Å². The Labute approximate surface area is 197 Å². The summed E-state index contributed by atoms with van der Waals surface area (Å²) in [6, 6.07) is 11.6. The van der Waals surface area contributed by atoms with Gasteiger partial charge in [-0.25, -0.2) is 0 Å². The van der Waals surface area contributed by atoms with Gasteiger partial charge in [-0.2, -0.15) is 0 Å². The number of nitrogens with zero attached hydrogens (tertiary/aromatic N) is 1. The molecular weight excluding hydrogens is 459 g/mol. The third-order valence-corrected chi connectivity index (χ3v) is 6.44. The van der Waals surface area contributed by atoms with Gasteiger partial charge in [0.2, 0.25) is 5.91 Å². The number of para-hydroxylation sites is 1. The second-order valence-corrected chi connectivity index (χ2v) is 8.88. The minimum Gasteiger partial charge on any atom is -0.482 e. The second kappa shape index (κ2) is 11.1. The quantitative estimate of drug-likeness (QED) is 0.539. The number of halogens is 3. The van der Waals surface area contributed by atoms with E-state index in [0.717, 1.165) is 31.2 Å². The van der Waals surface area contributed by atoms with Crippen molar-refractivity contribution in [2.24, 2.45) is 0 Å². The van der Waals surface area contributed by atoms with Crippen LogP contribution in [0.1, 0.15) is 38.2 Å². The molecule has 1 saturated carbocycles. The number of ether oxygens (including phenoxy) is 1. The fourth-order valence-corrected chi connectivity index (χ4v) is 4.10. The maximum atomic E-state index is 13.1. The molecule has 3 rings (SSSR count). The van der Waals surface area contributed by atoms with E-state index >= 15 is 0 Å². The van der Waals surface area contributed by atoms with Crippen LogP contribution in [0.15, 0.2) is 42.5 Å². The van der Waals surface area contributed by atoms with Crippen LogP contribution in [0.25, 0.3) is 0 Å². The highest BCUT2D eigenvalue weighted by atomic mass is 35.5. The van der Waals surface area contributed by atoms with Gasteiger partial charge in [-0.15, -0.1) is 0 Å². The molecule has 0 unspecified atom stereocenters. The zero-order valence-electron chi connectivity index (χ0n) is 17.2. The molecule has 5 nitrogen and oxygen atoms in total. The van der Waals surface area contributed by atoms with Crippen LogP contribution in [0, 0.1) is 0 Å². The first-order valence-corrected chi connectivity index (χ1v) is 11.4. The van der Waals surface area contributed by atoms with Crippen molar-refractivity contribution in [2.75, 3.05) is 6.61 Å². The highest BCUT2D eigenvalue weighted by Crippen LogP contribution is 2.25. The van der Waals surface area contributed by atoms with Gasteiger partial charge >= 0.3 is 0 Å². The predicted molar refractivity (Wildman–Crippen MR) is 124 cm³/mol. The minimum absolute atomic E-state index is 0.163. The summed E-state index contributed by atoms with van der Waals surface area (Å²) in [6.45, 7) is 1.67. The number of benzene rings is 2. The lowest BCUT2D eigenvalue weighted by atomic mass is 10.1. The highest BCUT2D eigenvalue weighted by Gasteiger charge is 2.29. The van der Waals surface area contributed by atoms with Gasteiger partial charge in [0.1, 0.15) is 11.8 Å². The monoisotopic (exact) mass is 482 g/mol. The van der Waals surface area contributed by atoms with Gasteiger partial charge in [0.25, 0.3) is 5.91 Å². The first-order chi connectivity index (χ1) is 14.8. The number of hydrogen-bond donors (Lipinski definition) is 1. The summed E-state index contributed by atoms with van der Waals surface area (Å²) in [5, 5.41) is 4.30. The number of nitrogens with one attached hydrogen (secondary N) is 1. The van der Waals surface area contributed by atoms with E-state index in [-0.39, 0.29) is 31.0 Å². The average Bonchev–Trinajstić information content (AvgIpc) is 3.26. The summed E-state index contributed by atoms with van der Waals surface area (Å²) in [7, 11) is 0. The molecule has 0 aliphatic heterocycles. The molecule has 166 valence electrons. The molecule has 0 saturated heterocycles. The van der Waals surface area contributed by atoms with Crippen LogP contribution in [0.4, 0.5) is 0 Å². The molecule has 31 heavy (non-hydrogen) atoms. The molecule has 1 aliphatic carbocycles. The van der Waals surface area contributed by atoms with E-state index < -0.39 is 6.04 Å². The van der Waals surface area contributed by atoms with Gasteiger partial charge in [-0.3, -0.25) is 9.59 Å². The summed E-state index contributed by atoms with van der Waals surface area (Å²) >= 11 is 18.3. The van der Waals surface area contributed by atoms with Crippen LogP contribution in [0.2, 0.25) is 15.1 Å². The Bertz CT molecular complexity index is 932. The summed E-state index contributed by atoms with van der Waals surface area (Å²) < 4.78 is 5.62. The molecule has 0 bridgehead atoms. The fourth-order valence-electron chi connectivity index (χ4n) is 3.59. The molecule has 1 fully saturated rings. The van der Waals surface area contributed by atoms with Gasteiger partial charge in [-0.1, -0.05) is 65.8 Å². The third-order valence-electron chi connectivity index (χ3n) is 5.39. The first-order valence-electron chi connectivity index (χ1n) is 10.3. The van der Waals surface area contributed by atoms with Crippen LogP contribution in [0.3, 0.4) is 0 Å². The van der Waals surface area contributed by atoms with Crippen molar-refractivity contribution < 1.29 is 14.3 Å². The number of amides is 2. The number of carbonyl (C=O) groups is 2. The van der Waals surface area contributed by atoms with Crippen molar-refractivity contribution in [3.8, 4) is 5.75 Å². The number of hydrogen-bond acceptors (Lipinski definition) is 3. The van der Waals surface area contributed by atoms with Crippen molar-refractivity contribution in [3.05, 3.63) is 63.1 Å². The maximum Gasteiger partial charge on any atom is 0.261 e. The zero-order chi connectivity index (χ0) is 22.4. The first kappa shape index (κ1) is 23.7. The lowest BCUT2D eigenvalue weighted by Crippen LogP contribution is -2.50. The lowest BCUT2D eigenvalue weighted by Gasteiger charge is -2.29. The van der Waals surface area contributed by atoms with Crippen molar-refractivity contribution in [1.29, 1.82) is 0 Å². The van der Waals surface area contributed by atoms with Gasteiger partial charge in [0, 0.05) is 12.6 Å². The van der Waals surface area contributed by atoms with Crippen molar-refractivity contribution in [3.63, 3.8) is 0 Å². The fraction of sp³-hybridized carbons (Fsp3) is 0.391. The Morgan fingerprint density at radius 2 is 1.77 bits per heavy atom. The normalized spacial score (nSPS) is 14.8. The summed E-state index contributed by atoms with van der Waals surface area (Å²) in [6.07, 6.45) is 4.15. The van der Waals surface area contributed by atoms with E-state index in [4.69, 9.17) is 39.5 Å². The van der Waals surface area contributed by atoms with E-state index in [2.05, 4.69) is 5.32 Å². The molecule has 1 atom stereocenters. The number of carbonyl (C=O) groups excluding carboxylic acids is 2. The molecular formula is C23H25Cl3N2O3. The number of rotatable bonds is 8. The Balaban J connectivity index is 1.74. The van der Waals surface area contributed by atoms with Crippen molar-refractivity contribution in [1.82, 2.24) is 10.2 Å². The highest BCUT2D eigenvalue weighted by molar-refractivity contribution is 6.42. The molecule has 1 aliphatic rings. The Hall–Kier alpha value is -1.95. The van der Waals surface area contributed by atoms with Crippen molar-refractivity contribution in [2.45, 2.75) is 51.2 Å². The molecule has 2 amide bonds. The molecule has 1 N–H and O–H groups in total. The van der Waals surface area contributed by atoms with Gasteiger partial charge in [0.05, 0.1) is 15.1 Å². The zero-order valence-corrected chi connectivity index (χ0v) is 19.5.